The molecule has 2 heterocycles. The lowest BCUT2D eigenvalue weighted by molar-refractivity contribution is -0.149. The second-order valence-corrected chi connectivity index (χ2v) is 10.8. The number of halogens is 1. The van der Waals surface area contributed by atoms with E-state index < -0.39 is 22.2 Å². The molecule has 170 valence electrons. The van der Waals surface area contributed by atoms with Crippen LogP contribution in [0.3, 0.4) is 0 Å². The molecule has 0 spiro atoms. The zero-order valence-electron chi connectivity index (χ0n) is 18.0. The topological polar surface area (TPSA) is 72.9 Å². The van der Waals surface area contributed by atoms with Crippen molar-refractivity contribution in [3.05, 3.63) is 76.0 Å². The minimum absolute atomic E-state index is 0.0554. The fraction of sp³-hybridized carbons (Fsp3) is 0.375. The lowest BCUT2D eigenvalue weighted by atomic mass is 9.78. The normalized spacial score (nSPS) is 23.6. The quantitative estimate of drug-likeness (QED) is 0.533. The van der Waals surface area contributed by atoms with Crippen molar-refractivity contribution in [3.63, 3.8) is 0 Å². The van der Waals surface area contributed by atoms with E-state index in [4.69, 9.17) is 9.47 Å². The fourth-order valence-electron chi connectivity index (χ4n) is 4.41. The van der Waals surface area contributed by atoms with Crippen molar-refractivity contribution >= 4 is 31.9 Å². The van der Waals surface area contributed by atoms with Crippen molar-refractivity contribution in [1.29, 1.82) is 0 Å². The van der Waals surface area contributed by atoms with Gasteiger partial charge in [-0.05, 0) is 56.5 Å². The monoisotopic (exact) mass is 519 g/mol. The molecule has 0 aliphatic carbocycles. The predicted molar refractivity (Wildman–Crippen MR) is 124 cm³/mol. The second-order valence-electron chi connectivity index (χ2n) is 8.04. The maximum Gasteiger partial charge on any atom is 0.373 e. The number of esters is 1. The molecule has 0 aromatic heterocycles. The molecular formula is C24H26BrNO5S. The van der Waals surface area contributed by atoms with Crippen LogP contribution >= 0.6 is 15.9 Å². The summed E-state index contributed by atoms with van der Waals surface area (Å²) in [6, 6.07) is 14.6. The summed E-state index contributed by atoms with van der Waals surface area (Å²) in [5.41, 5.74) is 1.97. The van der Waals surface area contributed by atoms with E-state index in [-0.39, 0.29) is 29.1 Å². The molecule has 0 unspecified atom stereocenters. The van der Waals surface area contributed by atoms with Gasteiger partial charge in [-0.25, -0.2) is 13.2 Å². The number of hydrogen-bond acceptors (Lipinski definition) is 5. The Balaban J connectivity index is 1.77. The number of nitrogens with zero attached hydrogens (tertiary/aromatic N) is 1. The molecule has 0 bridgehead atoms. The largest absolute Gasteiger partial charge is 0.466 e. The van der Waals surface area contributed by atoms with Crippen molar-refractivity contribution in [2.45, 2.75) is 43.7 Å². The van der Waals surface area contributed by atoms with Gasteiger partial charge in [0.2, 0.25) is 15.8 Å². The van der Waals surface area contributed by atoms with Gasteiger partial charge in [-0.1, -0.05) is 51.8 Å². The number of rotatable bonds is 5. The van der Waals surface area contributed by atoms with Crippen molar-refractivity contribution in [1.82, 2.24) is 4.31 Å². The fourth-order valence-corrected chi connectivity index (χ4v) is 6.55. The number of hydrogen-bond donors (Lipinski definition) is 0. The third-order valence-corrected chi connectivity index (χ3v) is 8.57. The SMILES string of the molecule is CCOC(=O)C1=C[C@H](c2ccccc2Br)[C@@H]2CCCN(S(=O)(=O)c3ccc(C)cc3)[C@@H]2O1. The molecule has 2 aromatic carbocycles. The average Bonchev–Trinajstić information content (AvgIpc) is 2.79. The van der Waals surface area contributed by atoms with Gasteiger partial charge in [0.15, 0.2) is 6.23 Å². The van der Waals surface area contributed by atoms with Gasteiger partial charge in [-0.3, -0.25) is 0 Å². The van der Waals surface area contributed by atoms with E-state index in [2.05, 4.69) is 15.9 Å². The van der Waals surface area contributed by atoms with Crippen LogP contribution in [0.5, 0.6) is 0 Å². The summed E-state index contributed by atoms with van der Waals surface area (Å²) >= 11 is 3.62. The molecule has 2 aliphatic heterocycles. The van der Waals surface area contributed by atoms with E-state index in [1.807, 2.05) is 31.2 Å². The molecule has 2 aromatic rings. The van der Waals surface area contributed by atoms with Gasteiger partial charge >= 0.3 is 5.97 Å². The van der Waals surface area contributed by atoms with E-state index >= 15 is 0 Å². The van der Waals surface area contributed by atoms with Crippen LogP contribution in [0.4, 0.5) is 0 Å². The van der Waals surface area contributed by atoms with Gasteiger partial charge in [-0.15, -0.1) is 0 Å². The average molecular weight is 520 g/mol. The van der Waals surface area contributed by atoms with Crippen LogP contribution in [-0.4, -0.2) is 38.1 Å². The molecule has 4 rings (SSSR count). The molecule has 1 saturated heterocycles. The molecule has 32 heavy (non-hydrogen) atoms. The first kappa shape index (κ1) is 23.0. The van der Waals surface area contributed by atoms with Crippen molar-refractivity contribution < 1.29 is 22.7 Å². The number of benzene rings is 2. The smallest absolute Gasteiger partial charge is 0.373 e. The molecular weight excluding hydrogens is 494 g/mol. The minimum atomic E-state index is -3.81. The number of aryl methyl sites for hydroxylation is 1. The van der Waals surface area contributed by atoms with Gasteiger partial charge in [0.1, 0.15) is 0 Å². The third kappa shape index (κ3) is 4.36. The molecule has 3 atom stereocenters. The van der Waals surface area contributed by atoms with E-state index in [0.29, 0.717) is 13.0 Å². The van der Waals surface area contributed by atoms with Crippen LogP contribution in [0.15, 0.2) is 69.7 Å². The maximum atomic E-state index is 13.6. The highest BCUT2D eigenvalue weighted by molar-refractivity contribution is 9.10. The Hall–Kier alpha value is -2.16. The molecule has 6 nitrogen and oxygen atoms in total. The Kier molecular flexibility index (Phi) is 6.74. The van der Waals surface area contributed by atoms with Crippen LogP contribution in [0, 0.1) is 12.8 Å². The van der Waals surface area contributed by atoms with Crippen molar-refractivity contribution in [3.8, 4) is 0 Å². The van der Waals surface area contributed by atoms with Gasteiger partial charge in [-0.2, -0.15) is 4.31 Å². The summed E-state index contributed by atoms with van der Waals surface area (Å²) in [7, 11) is -3.81. The molecule has 1 fully saturated rings. The van der Waals surface area contributed by atoms with Gasteiger partial charge in [0, 0.05) is 22.9 Å². The summed E-state index contributed by atoms with van der Waals surface area (Å²) in [5, 5.41) is 0. The molecule has 0 N–H and O–H groups in total. The van der Waals surface area contributed by atoms with E-state index in [0.717, 1.165) is 22.0 Å². The maximum absolute atomic E-state index is 13.6. The van der Waals surface area contributed by atoms with Gasteiger partial charge in [0.25, 0.3) is 0 Å². The Bertz CT molecular complexity index is 1130. The van der Waals surface area contributed by atoms with Crippen LogP contribution in [0.2, 0.25) is 0 Å². The first-order valence-electron chi connectivity index (χ1n) is 10.7. The highest BCUT2D eigenvalue weighted by Crippen LogP contribution is 2.45. The Morgan fingerprint density at radius 3 is 2.59 bits per heavy atom. The van der Waals surface area contributed by atoms with Crippen molar-refractivity contribution in [2.75, 3.05) is 13.2 Å². The summed E-state index contributed by atoms with van der Waals surface area (Å²) in [5.74, 6) is -0.860. The standard InChI is InChI=1S/C24H26BrNO5S/c1-3-30-24(27)22-15-20(18-7-4-5-9-21(18)25)19-8-6-14-26(23(19)31-22)32(28,29)17-12-10-16(2)11-13-17/h4-5,7,9-13,15,19-20,23H,3,6,8,14H2,1-2H3/t19-,20+,23+/m0/s1. The number of piperidine rings is 1. The number of fused-ring (bicyclic) bond motifs is 1. The number of ether oxygens (including phenoxy) is 2. The highest BCUT2D eigenvalue weighted by atomic mass is 79.9. The zero-order chi connectivity index (χ0) is 22.9. The number of carbonyl (C=O) groups is 1. The molecule has 0 radical (unpaired) electrons. The van der Waals surface area contributed by atoms with Gasteiger partial charge < -0.3 is 9.47 Å². The second kappa shape index (κ2) is 9.37. The molecule has 0 amide bonds. The minimum Gasteiger partial charge on any atom is -0.466 e. The molecule has 8 heteroatoms. The summed E-state index contributed by atoms with van der Waals surface area (Å²) in [6.07, 6.45) is 2.47. The van der Waals surface area contributed by atoms with Crippen LogP contribution in [0.25, 0.3) is 0 Å². The first-order chi connectivity index (χ1) is 15.3. The first-order valence-corrected chi connectivity index (χ1v) is 12.9. The van der Waals surface area contributed by atoms with E-state index in [1.54, 1.807) is 37.3 Å². The Morgan fingerprint density at radius 1 is 1.19 bits per heavy atom. The number of allylic oxidation sites excluding steroid dienone is 1. The lowest BCUT2D eigenvalue weighted by Gasteiger charge is -2.45. The predicted octanol–water partition coefficient (Wildman–Crippen LogP) is 4.75. The van der Waals surface area contributed by atoms with E-state index in [9.17, 15) is 13.2 Å². The zero-order valence-corrected chi connectivity index (χ0v) is 20.4. The van der Waals surface area contributed by atoms with Gasteiger partial charge in [0.05, 0.1) is 11.5 Å². The van der Waals surface area contributed by atoms with Crippen LogP contribution in [0.1, 0.15) is 36.8 Å². The molecule has 2 aliphatic rings. The van der Waals surface area contributed by atoms with Crippen molar-refractivity contribution in [2.24, 2.45) is 5.92 Å². The summed E-state index contributed by atoms with van der Waals surface area (Å²) in [4.78, 5) is 12.8. The summed E-state index contributed by atoms with van der Waals surface area (Å²) in [6.45, 7) is 4.18. The third-order valence-electron chi connectivity index (χ3n) is 5.97. The van der Waals surface area contributed by atoms with Crippen LogP contribution < -0.4 is 0 Å². The highest BCUT2D eigenvalue weighted by Gasteiger charge is 2.47. The van der Waals surface area contributed by atoms with Crippen LogP contribution in [-0.2, 0) is 24.3 Å². The number of sulfonamides is 1. The Labute approximate surface area is 197 Å². The van der Waals surface area contributed by atoms with E-state index in [1.165, 1.54) is 4.31 Å². The lowest BCUT2D eigenvalue weighted by Crippen LogP contribution is -2.52. The Morgan fingerprint density at radius 2 is 1.91 bits per heavy atom. The summed E-state index contributed by atoms with van der Waals surface area (Å²) < 4.78 is 40.7. The molecule has 0 saturated carbocycles. The number of carbonyl (C=O) groups excluding carboxylic acids is 1.